The summed E-state index contributed by atoms with van der Waals surface area (Å²) in [5.74, 6) is -0.215. The number of nitriles is 1. The lowest BCUT2D eigenvalue weighted by molar-refractivity contribution is -0.112. The summed E-state index contributed by atoms with van der Waals surface area (Å²) >= 11 is 0. The van der Waals surface area contributed by atoms with Gasteiger partial charge < -0.3 is 19.4 Å². The molecular weight excluding hydrogens is 418 g/mol. The van der Waals surface area contributed by atoms with Gasteiger partial charge in [-0.05, 0) is 86.5 Å². The van der Waals surface area contributed by atoms with E-state index in [-0.39, 0.29) is 5.57 Å². The Morgan fingerprint density at radius 3 is 2.30 bits per heavy atom. The third-order valence-corrected chi connectivity index (χ3v) is 5.34. The number of carbonyl (C=O) groups excluding carboxylic acids is 2. The third kappa shape index (κ3) is 4.96. The van der Waals surface area contributed by atoms with Crippen molar-refractivity contribution >= 4 is 23.6 Å². The summed E-state index contributed by atoms with van der Waals surface area (Å²) in [4.78, 5) is 24.5. The zero-order valence-electron chi connectivity index (χ0n) is 19.2. The van der Waals surface area contributed by atoms with Gasteiger partial charge in [0.2, 0.25) is 0 Å². The molecule has 7 heteroatoms. The Bertz CT molecular complexity index is 1280. The lowest BCUT2D eigenvalue weighted by atomic mass is 10.1. The number of aryl methyl sites for hydroxylation is 2. The summed E-state index contributed by atoms with van der Waals surface area (Å²) < 4.78 is 11.9. The van der Waals surface area contributed by atoms with Crippen LogP contribution in [0, 0.1) is 32.1 Å². The van der Waals surface area contributed by atoms with Gasteiger partial charge in [-0.3, -0.25) is 4.79 Å². The first-order valence-electron chi connectivity index (χ1n) is 10.2. The number of nitrogens with one attached hydrogen (secondary N) is 1. The second-order valence-corrected chi connectivity index (χ2v) is 7.51. The maximum Gasteiger partial charge on any atom is 0.337 e. The monoisotopic (exact) mass is 443 g/mol. The van der Waals surface area contributed by atoms with E-state index >= 15 is 0 Å². The Hall–Kier alpha value is -4.31. The fraction of sp³-hybridized carbons (Fsp3) is 0.192. The van der Waals surface area contributed by atoms with Crippen molar-refractivity contribution < 1.29 is 19.1 Å². The topological polar surface area (TPSA) is 93.4 Å². The smallest absolute Gasteiger partial charge is 0.337 e. The maximum atomic E-state index is 12.7. The Labute approximate surface area is 192 Å². The summed E-state index contributed by atoms with van der Waals surface area (Å²) in [7, 11) is 2.91. The molecule has 0 aliphatic heterocycles. The SMILES string of the molecule is COC(=O)c1ccc(-n2c(C)cc(/C=C(/C#N)C(=O)Nc3ccc(OC)cc3)c2C)c(C)c1. The highest BCUT2D eigenvalue weighted by molar-refractivity contribution is 6.09. The summed E-state index contributed by atoms with van der Waals surface area (Å²) in [5.41, 5.74) is 5.38. The number of rotatable bonds is 6. The average Bonchev–Trinajstić information content (AvgIpc) is 3.09. The molecule has 7 nitrogen and oxygen atoms in total. The van der Waals surface area contributed by atoms with Crippen LogP contribution in [0.3, 0.4) is 0 Å². The highest BCUT2D eigenvalue weighted by Gasteiger charge is 2.16. The Kier molecular flexibility index (Phi) is 6.99. The van der Waals surface area contributed by atoms with E-state index in [1.165, 1.54) is 7.11 Å². The van der Waals surface area contributed by atoms with Crippen LogP contribution in [0.1, 0.15) is 32.9 Å². The molecule has 0 saturated heterocycles. The number of anilines is 1. The molecule has 2 aromatic carbocycles. The first kappa shape index (κ1) is 23.4. The minimum Gasteiger partial charge on any atom is -0.497 e. The fourth-order valence-corrected chi connectivity index (χ4v) is 3.63. The molecule has 0 bridgehead atoms. The first-order valence-corrected chi connectivity index (χ1v) is 10.2. The highest BCUT2D eigenvalue weighted by Crippen LogP contribution is 2.26. The molecule has 1 heterocycles. The van der Waals surface area contributed by atoms with Gasteiger partial charge in [0.25, 0.3) is 5.91 Å². The van der Waals surface area contributed by atoms with Gasteiger partial charge in [-0.15, -0.1) is 0 Å². The molecule has 0 aliphatic rings. The third-order valence-electron chi connectivity index (χ3n) is 5.34. The molecule has 0 unspecified atom stereocenters. The summed E-state index contributed by atoms with van der Waals surface area (Å²) in [6, 6.07) is 16.1. The van der Waals surface area contributed by atoms with E-state index in [9.17, 15) is 14.9 Å². The van der Waals surface area contributed by atoms with Crippen molar-refractivity contribution in [3.05, 3.63) is 82.2 Å². The van der Waals surface area contributed by atoms with Gasteiger partial charge in [0.15, 0.2) is 0 Å². The zero-order valence-corrected chi connectivity index (χ0v) is 19.2. The number of esters is 1. The minimum atomic E-state index is -0.494. The Morgan fingerprint density at radius 1 is 1.03 bits per heavy atom. The number of benzene rings is 2. The van der Waals surface area contributed by atoms with Gasteiger partial charge in [-0.25, -0.2) is 4.79 Å². The number of aromatic nitrogens is 1. The van der Waals surface area contributed by atoms with Crippen molar-refractivity contribution in [2.45, 2.75) is 20.8 Å². The van der Waals surface area contributed by atoms with E-state index < -0.39 is 11.9 Å². The fourth-order valence-electron chi connectivity index (χ4n) is 3.63. The molecule has 168 valence electrons. The van der Waals surface area contributed by atoms with Gasteiger partial charge in [0.05, 0.1) is 19.8 Å². The predicted molar refractivity (Wildman–Crippen MR) is 127 cm³/mol. The van der Waals surface area contributed by atoms with Crippen LogP contribution in [0.15, 0.2) is 54.1 Å². The van der Waals surface area contributed by atoms with Gasteiger partial charge in [0, 0.05) is 22.8 Å². The van der Waals surface area contributed by atoms with E-state index in [4.69, 9.17) is 9.47 Å². The van der Waals surface area contributed by atoms with Gasteiger partial charge in [-0.1, -0.05) is 0 Å². The number of hydrogen-bond acceptors (Lipinski definition) is 5. The summed E-state index contributed by atoms with van der Waals surface area (Å²) in [6.45, 7) is 5.78. The standard InChI is InChI=1S/C26H25N3O4/c1-16-12-19(26(31)33-5)6-11-24(16)29-17(2)13-20(18(29)3)14-21(15-27)25(30)28-22-7-9-23(32-4)10-8-22/h6-14H,1-5H3,(H,28,30)/b21-14-. The van der Waals surface area contributed by atoms with Crippen LogP contribution in [-0.2, 0) is 9.53 Å². The van der Waals surface area contributed by atoms with E-state index in [2.05, 4.69) is 5.32 Å². The zero-order chi connectivity index (χ0) is 24.1. The number of hydrogen-bond donors (Lipinski definition) is 1. The van der Waals surface area contributed by atoms with Crippen molar-refractivity contribution in [2.24, 2.45) is 0 Å². The molecule has 0 spiro atoms. The first-order chi connectivity index (χ1) is 15.8. The number of amides is 1. The van der Waals surface area contributed by atoms with Crippen molar-refractivity contribution in [1.82, 2.24) is 4.57 Å². The second-order valence-electron chi connectivity index (χ2n) is 7.51. The molecule has 3 rings (SSSR count). The molecular formula is C26H25N3O4. The number of carbonyl (C=O) groups is 2. The molecule has 1 aromatic heterocycles. The van der Waals surface area contributed by atoms with Crippen LogP contribution in [-0.4, -0.2) is 30.7 Å². The van der Waals surface area contributed by atoms with E-state index in [1.54, 1.807) is 49.6 Å². The van der Waals surface area contributed by atoms with Crippen LogP contribution >= 0.6 is 0 Å². The van der Waals surface area contributed by atoms with Gasteiger partial charge in [0.1, 0.15) is 17.4 Å². The normalized spacial score (nSPS) is 11.0. The Balaban J connectivity index is 1.92. The van der Waals surface area contributed by atoms with E-state index in [0.29, 0.717) is 17.0 Å². The number of methoxy groups -OCH3 is 2. The number of nitrogens with zero attached hydrogens (tertiary/aromatic N) is 2. The van der Waals surface area contributed by atoms with Crippen molar-refractivity contribution in [3.63, 3.8) is 0 Å². The lowest BCUT2D eigenvalue weighted by Gasteiger charge is -2.14. The second kappa shape index (κ2) is 9.88. The average molecular weight is 444 g/mol. The molecule has 0 saturated carbocycles. The molecule has 33 heavy (non-hydrogen) atoms. The van der Waals surface area contributed by atoms with Gasteiger partial charge in [-0.2, -0.15) is 5.26 Å². The van der Waals surface area contributed by atoms with Crippen molar-refractivity contribution in [2.75, 3.05) is 19.5 Å². The van der Waals surface area contributed by atoms with Gasteiger partial charge >= 0.3 is 5.97 Å². The molecule has 1 amide bonds. The van der Waals surface area contributed by atoms with Crippen LogP contribution in [0.4, 0.5) is 5.69 Å². The largest absolute Gasteiger partial charge is 0.497 e. The lowest BCUT2D eigenvalue weighted by Crippen LogP contribution is -2.13. The quantitative estimate of drug-likeness (QED) is 0.337. The molecule has 0 fully saturated rings. The van der Waals surface area contributed by atoms with E-state index in [0.717, 1.165) is 28.2 Å². The van der Waals surface area contributed by atoms with Crippen LogP contribution in [0.2, 0.25) is 0 Å². The molecule has 0 atom stereocenters. The molecule has 0 radical (unpaired) electrons. The van der Waals surface area contributed by atoms with Crippen molar-refractivity contribution in [3.8, 4) is 17.5 Å². The summed E-state index contributed by atoms with van der Waals surface area (Å²) in [5, 5.41) is 12.3. The number of ether oxygens (including phenoxy) is 2. The summed E-state index contributed by atoms with van der Waals surface area (Å²) in [6.07, 6.45) is 1.58. The van der Waals surface area contributed by atoms with Crippen molar-refractivity contribution in [1.29, 1.82) is 5.26 Å². The van der Waals surface area contributed by atoms with E-state index in [1.807, 2.05) is 43.5 Å². The Morgan fingerprint density at radius 2 is 1.73 bits per heavy atom. The highest BCUT2D eigenvalue weighted by atomic mass is 16.5. The van der Waals surface area contributed by atoms with Crippen LogP contribution < -0.4 is 10.1 Å². The predicted octanol–water partition coefficient (Wildman–Crippen LogP) is 4.74. The molecule has 3 aromatic rings. The maximum absolute atomic E-state index is 12.7. The molecule has 1 N–H and O–H groups in total. The molecule has 0 aliphatic carbocycles. The van der Waals surface area contributed by atoms with Crippen LogP contribution in [0.25, 0.3) is 11.8 Å². The minimum absolute atomic E-state index is 0.0103. The van der Waals surface area contributed by atoms with Crippen LogP contribution in [0.5, 0.6) is 5.75 Å².